The Hall–Kier alpha value is -2.24. The van der Waals surface area contributed by atoms with Gasteiger partial charge in [-0.2, -0.15) is 0 Å². The molecule has 0 bridgehead atoms. The topological polar surface area (TPSA) is 66.0 Å². The van der Waals surface area contributed by atoms with Gasteiger partial charge in [0.15, 0.2) is 5.96 Å². The summed E-state index contributed by atoms with van der Waals surface area (Å²) in [5.74, 6) is 2.03. The minimum Gasteiger partial charge on any atom is -0.491 e. The van der Waals surface area contributed by atoms with Crippen LogP contribution in [0.1, 0.15) is 45.6 Å². The van der Waals surface area contributed by atoms with E-state index in [9.17, 15) is 4.79 Å². The smallest absolute Gasteiger partial charge is 0.222 e. The molecule has 1 aliphatic rings. The largest absolute Gasteiger partial charge is 0.491 e. The number of carbonyl (C=O) groups excluding carboxylic acids is 1. The number of carbonyl (C=O) groups is 1. The summed E-state index contributed by atoms with van der Waals surface area (Å²) in [4.78, 5) is 18.2. The zero-order valence-corrected chi connectivity index (χ0v) is 17.0. The van der Waals surface area contributed by atoms with Crippen LogP contribution >= 0.6 is 0 Å². The molecule has 2 N–H and O–H groups in total. The van der Waals surface area contributed by atoms with Gasteiger partial charge in [0.1, 0.15) is 5.75 Å². The van der Waals surface area contributed by atoms with E-state index in [0.717, 1.165) is 63.7 Å². The number of ether oxygens (including phenoxy) is 1. The van der Waals surface area contributed by atoms with Crippen molar-refractivity contribution in [1.82, 2.24) is 15.5 Å². The van der Waals surface area contributed by atoms with E-state index >= 15 is 0 Å². The summed E-state index contributed by atoms with van der Waals surface area (Å²) < 4.78 is 5.67. The number of guanidine groups is 1. The van der Waals surface area contributed by atoms with Gasteiger partial charge in [-0.15, -0.1) is 0 Å². The molecule has 1 heterocycles. The van der Waals surface area contributed by atoms with Crippen LogP contribution in [0, 0.1) is 0 Å². The molecule has 1 aliphatic heterocycles. The van der Waals surface area contributed by atoms with Crippen molar-refractivity contribution >= 4 is 11.9 Å². The third-order valence-electron chi connectivity index (χ3n) is 4.37. The Labute approximate surface area is 163 Å². The normalized spacial score (nSPS) is 14.7. The number of hydrogen-bond donors (Lipinski definition) is 2. The van der Waals surface area contributed by atoms with Crippen molar-refractivity contribution in [2.45, 2.75) is 52.6 Å². The second kappa shape index (κ2) is 11.5. The third-order valence-corrected chi connectivity index (χ3v) is 4.37. The predicted octanol–water partition coefficient (Wildman–Crippen LogP) is 2.58. The molecule has 1 aromatic rings. The van der Waals surface area contributed by atoms with Crippen molar-refractivity contribution in [2.24, 2.45) is 4.99 Å². The molecule has 0 radical (unpaired) electrons. The van der Waals surface area contributed by atoms with Crippen molar-refractivity contribution in [2.75, 3.05) is 32.7 Å². The Balaban J connectivity index is 1.70. The van der Waals surface area contributed by atoms with Crippen LogP contribution in [-0.2, 0) is 11.2 Å². The summed E-state index contributed by atoms with van der Waals surface area (Å²) in [7, 11) is 0. The number of hydrogen-bond acceptors (Lipinski definition) is 3. The van der Waals surface area contributed by atoms with Gasteiger partial charge >= 0.3 is 0 Å². The summed E-state index contributed by atoms with van der Waals surface area (Å²) >= 11 is 0. The van der Waals surface area contributed by atoms with Crippen LogP contribution in [-0.4, -0.2) is 55.6 Å². The van der Waals surface area contributed by atoms with Crippen LogP contribution in [0.25, 0.3) is 0 Å². The highest BCUT2D eigenvalue weighted by molar-refractivity contribution is 5.79. The van der Waals surface area contributed by atoms with E-state index in [2.05, 4.69) is 34.7 Å². The first-order chi connectivity index (χ1) is 13.1. The Kier molecular flexibility index (Phi) is 8.95. The van der Waals surface area contributed by atoms with Crippen LogP contribution < -0.4 is 15.4 Å². The van der Waals surface area contributed by atoms with Gasteiger partial charge in [0.2, 0.25) is 5.91 Å². The molecule has 2 rings (SSSR count). The lowest BCUT2D eigenvalue weighted by Gasteiger charge is -2.15. The zero-order chi connectivity index (χ0) is 19.5. The van der Waals surface area contributed by atoms with E-state index in [-0.39, 0.29) is 12.0 Å². The number of rotatable bonds is 10. The maximum atomic E-state index is 11.6. The van der Waals surface area contributed by atoms with Gasteiger partial charge in [0.25, 0.3) is 0 Å². The number of likely N-dealkylation sites (tertiary alicyclic amines) is 1. The highest BCUT2D eigenvalue weighted by Gasteiger charge is 2.18. The first kappa shape index (κ1) is 21.1. The molecule has 150 valence electrons. The number of nitrogens with one attached hydrogen (secondary N) is 2. The summed E-state index contributed by atoms with van der Waals surface area (Å²) in [5.41, 5.74) is 1.27. The van der Waals surface area contributed by atoms with Crippen molar-refractivity contribution in [3.8, 4) is 5.75 Å². The third kappa shape index (κ3) is 7.89. The van der Waals surface area contributed by atoms with Crippen molar-refractivity contribution in [3.63, 3.8) is 0 Å². The lowest BCUT2D eigenvalue weighted by atomic mass is 10.1. The summed E-state index contributed by atoms with van der Waals surface area (Å²) in [6, 6.07) is 8.26. The molecule has 6 nitrogen and oxygen atoms in total. The predicted molar refractivity (Wildman–Crippen MR) is 110 cm³/mol. The number of nitrogens with zero attached hydrogens (tertiary/aromatic N) is 2. The number of amides is 1. The summed E-state index contributed by atoms with van der Waals surface area (Å²) in [5, 5.41) is 6.66. The Morgan fingerprint density at radius 2 is 2.04 bits per heavy atom. The molecular formula is C21H34N4O2. The fraction of sp³-hybridized carbons (Fsp3) is 0.619. The maximum Gasteiger partial charge on any atom is 0.222 e. The van der Waals surface area contributed by atoms with Crippen LogP contribution in [0.15, 0.2) is 29.3 Å². The van der Waals surface area contributed by atoms with E-state index in [1.54, 1.807) is 0 Å². The van der Waals surface area contributed by atoms with E-state index in [1.807, 2.05) is 30.9 Å². The molecule has 1 fully saturated rings. The van der Waals surface area contributed by atoms with Crippen LogP contribution in [0.2, 0.25) is 0 Å². The van der Waals surface area contributed by atoms with E-state index in [4.69, 9.17) is 4.74 Å². The van der Waals surface area contributed by atoms with Gasteiger partial charge < -0.3 is 20.3 Å². The van der Waals surface area contributed by atoms with Crippen molar-refractivity contribution < 1.29 is 9.53 Å². The SMILES string of the molecule is CCNC(=NCCCN1CCCC1=O)NCCc1ccc(OC(C)C)cc1. The molecule has 1 saturated heterocycles. The monoisotopic (exact) mass is 374 g/mol. The molecule has 0 aliphatic carbocycles. The molecule has 0 atom stereocenters. The van der Waals surface area contributed by atoms with Crippen LogP contribution in [0.5, 0.6) is 5.75 Å². The number of benzene rings is 1. The quantitative estimate of drug-likeness (QED) is 0.375. The minimum absolute atomic E-state index is 0.194. The van der Waals surface area contributed by atoms with Crippen LogP contribution in [0.3, 0.4) is 0 Å². The lowest BCUT2D eigenvalue weighted by molar-refractivity contribution is -0.127. The first-order valence-electron chi connectivity index (χ1n) is 10.1. The van der Waals surface area contributed by atoms with Gasteiger partial charge in [-0.3, -0.25) is 9.79 Å². The van der Waals surface area contributed by atoms with Crippen molar-refractivity contribution in [3.05, 3.63) is 29.8 Å². The molecule has 0 unspecified atom stereocenters. The van der Waals surface area contributed by atoms with E-state index in [0.29, 0.717) is 6.42 Å². The average molecular weight is 375 g/mol. The average Bonchev–Trinajstić information content (AvgIpc) is 3.04. The van der Waals surface area contributed by atoms with Crippen molar-refractivity contribution in [1.29, 1.82) is 0 Å². The summed E-state index contributed by atoms with van der Waals surface area (Å²) in [6.45, 7) is 10.2. The Morgan fingerprint density at radius 1 is 1.26 bits per heavy atom. The van der Waals surface area contributed by atoms with Gasteiger partial charge in [0, 0.05) is 39.1 Å². The highest BCUT2D eigenvalue weighted by Crippen LogP contribution is 2.14. The maximum absolute atomic E-state index is 11.6. The second-order valence-electron chi connectivity index (χ2n) is 7.09. The number of aliphatic imine (C=N–C) groups is 1. The van der Waals surface area contributed by atoms with E-state index in [1.165, 1.54) is 5.56 Å². The van der Waals surface area contributed by atoms with Gasteiger partial charge in [-0.25, -0.2) is 0 Å². The van der Waals surface area contributed by atoms with Gasteiger partial charge in [-0.05, 0) is 57.7 Å². The zero-order valence-electron chi connectivity index (χ0n) is 17.0. The molecular weight excluding hydrogens is 340 g/mol. The van der Waals surface area contributed by atoms with E-state index < -0.39 is 0 Å². The lowest BCUT2D eigenvalue weighted by Crippen LogP contribution is -2.38. The van der Waals surface area contributed by atoms with Gasteiger partial charge in [0.05, 0.1) is 6.10 Å². The molecule has 1 amide bonds. The van der Waals surface area contributed by atoms with Crippen LogP contribution in [0.4, 0.5) is 0 Å². The van der Waals surface area contributed by atoms with Gasteiger partial charge in [-0.1, -0.05) is 12.1 Å². The second-order valence-corrected chi connectivity index (χ2v) is 7.09. The Morgan fingerprint density at radius 3 is 2.67 bits per heavy atom. The minimum atomic E-state index is 0.194. The Bertz CT molecular complexity index is 599. The molecule has 0 aromatic heterocycles. The molecule has 27 heavy (non-hydrogen) atoms. The standard InChI is InChI=1S/C21H34N4O2/c1-4-22-21(23-13-6-16-25-15-5-7-20(25)26)24-14-12-18-8-10-19(11-9-18)27-17(2)3/h8-11,17H,4-7,12-16H2,1-3H3,(H2,22,23,24). The first-order valence-corrected chi connectivity index (χ1v) is 10.1. The molecule has 0 saturated carbocycles. The molecule has 1 aromatic carbocycles. The molecule has 6 heteroatoms. The summed E-state index contributed by atoms with van der Waals surface area (Å²) in [6.07, 6.45) is 3.73. The fourth-order valence-corrected chi connectivity index (χ4v) is 3.07. The fourth-order valence-electron chi connectivity index (χ4n) is 3.07. The highest BCUT2D eigenvalue weighted by atomic mass is 16.5. The molecule has 0 spiro atoms.